The molecule has 2 rings (SSSR count). The molecule has 0 unspecified atom stereocenters. The SMILES string of the molecule is CN=C(NCCOc1ccccc1Cl)NCc1nc(C)c(C)o1. The van der Waals surface area contributed by atoms with Crippen LogP contribution >= 0.6 is 11.6 Å². The molecule has 0 radical (unpaired) electrons. The highest BCUT2D eigenvalue weighted by Gasteiger charge is 2.06. The topological polar surface area (TPSA) is 71.7 Å². The number of aromatic nitrogens is 1. The molecule has 0 aliphatic carbocycles. The number of halogens is 1. The van der Waals surface area contributed by atoms with Crippen molar-refractivity contribution < 1.29 is 9.15 Å². The van der Waals surface area contributed by atoms with Gasteiger partial charge in [0.25, 0.3) is 0 Å². The summed E-state index contributed by atoms with van der Waals surface area (Å²) in [5, 5.41) is 6.89. The Morgan fingerprint density at radius 3 is 2.74 bits per heavy atom. The molecule has 23 heavy (non-hydrogen) atoms. The van der Waals surface area contributed by atoms with Crippen LogP contribution in [-0.2, 0) is 6.54 Å². The van der Waals surface area contributed by atoms with Crippen LogP contribution in [0.15, 0.2) is 33.7 Å². The van der Waals surface area contributed by atoms with Crippen LogP contribution in [0.4, 0.5) is 0 Å². The molecule has 0 aliphatic heterocycles. The minimum atomic E-state index is 0.472. The fraction of sp³-hybridized carbons (Fsp3) is 0.375. The van der Waals surface area contributed by atoms with E-state index in [4.69, 9.17) is 20.8 Å². The molecule has 0 aliphatic rings. The highest BCUT2D eigenvalue weighted by atomic mass is 35.5. The van der Waals surface area contributed by atoms with Crippen molar-refractivity contribution in [2.75, 3.05) is 20.2 Å². The van der Waals surface area contributed by atoms with Crippen LogP contribution in [0.2, 0.25) is 5.02 Å². The average molecular weight is 337 g/mol. The van der Waals surface area contributed by atoms with Crippen molar-refractivity contribution in [2.24, 2.45) is 4.99 Å². The number of nitrogens with zero attached hydrogens (tertiary/aromatic N) is 2. The van der Waals surface area contributed by atoms with Gasteiger partial charge in [-0.25, -0.2) is 4.98 Å². The Balaban J connectivity index is 1.72. The molecule has 2 N–H and O–H groups in total. The summed E-state index contributed by atoms with van der Waals surface area (Å²) in [6.07, 6.45) is 0. The van der Waals surface area contributed by atoms with Gasteiger partial charge in [-0.3, -0.25) is 4.99 Å². The number of oxazole rings is 1. The number of hydrogen-bond donors (Lipinski definition) is 2. The lowest BCUT2D eigenvalue weighted by atomic mass is 10.3. The molecule has 1 aromatic heterocycles. The van der Waals surface area contributed by atoms with Gasteiger partial charge < -0.3 is 19.8 Å². The van der Waals surface area contributed by atoms with Crippen LogP contribution in [0, 0.1) is 13.8 Å². The Labute approximate surface area is 140 Å². The summed E-state index contributed by atoms with van der Waals surface area (Å²) in [6, 6.07) is 7.38. The van der Waals surface area contributed by atoms with Crippen molar-refractivity contribution in [3.8, 4) is 5.75 Å². The molecular formula is C16H21ClN4O2. The molecule has 2 aromatic rings. The Hall–Kier alpha value is -2.21. The monoisotopic (exact) mass is 336 g/mol. The van der Waals surface area contributed by atoms with Crippen LogP contribution in [0.25, 0.3) is 0 Å². The molecule has 0 atom stereocenters. The molecule has 0 spiro atoms. The summed E-state index contributed by atoms with van der Waals surface area (Å²) in [5.41, 5.74) is 0.901. The predicted octanol–water partition coefficient (Wildman–Crippen LogP) is 2.69. The van der Waals surface area contributed by atoms with Crippen LogP contribution < -0.4 is 15.4 Å². The van der Waals surface area contributed by atoms with Crippen molar-refractivity contribution in [3.63, 3.8) is 0 Å². The van der Waals surface area contributed by atoms with Gasteiger partial charge in [-0.2, -0.15) is 0 Å². The number of aliphatic imine (C=N–C) groups is 1. The van der Waals surface area contributed by atoms with Gasteiger partial charge in [-0.15, -0.1) is 0 Å². The Morgan fingerprint density at radius 2 is 2.09 bits per heavy atom. The predicted molar refractivity (Wildman–Crippen MR) is 91.1 cm³/mol. The maximum absolute atomic E-state index is 6.03. The molecule has 0 saturated carbocycles. The number of aryl methyl sites for hydroxylation is 2. The van der Waals surface area contributed by atoms with Gasteiger partial charge in [0.2, 0.25) is 5.89 Å². The maximum atomic E-state index is 6.03. The number of nitrogens with one attached hydrogen (secondary N) is 2. The van der Waals surface area contributed by atoms with E-state index in [2.05, 4.69) is 20.6 Å². The normalized spacial score (nSPS) is 11.4. The third-order valence-corrected chi connectivity index (χ3v) is 3.50. The van der Waals surface area contributed by atoms with E-state index in [1.54, 1.807) is 13.1 Å². The van der Waals surface area contributed by atoms with Gasteiger partial charge in [-0.1, -0.05) is 23.7 Å². The largest absolute Gasteiger partial charge is 0.490 e. The van der Waals surface area contributed by atoms with Crippen LogP contribution in [0.5, 0.6) is 5.75 Å². The third-order valence-electron chi connectivity index (χ3n) is 3.19. The first-order valence-corrected chi connectivity index (χ1v) is 7.72. The molecule has 0 bridgehead atoms. The average Bonchev–Trinajstić information content (AvgIpc) is 2.86. The third kappa shape index (κ3) is 5.17. The van der Waals surface area contributed by atoms with Gasteiger partial charge in [0.05, 0.1) is 23.8 Å². The first-order valence-electron chi connectivity index (χ1n) is 7.35. The Bertz CT molecular complexity index is 650. The van der Waals surface area contributed by atoms with E-state index in [1.807, 2.05) is 32.0 Å². The minimum Gasteiger partial charge on any atom is -0.490 e. The Morgan fingerprint density at radius 1 is 1.30 bits per heavy atom. The summed E-state index contributed by atoms with van der Waals surface area (Å²) in [7, 11) is 1.70. The smallest absolute Gasteiger partial charge is 0.214 e. The van der Waals surface area contributed by atoms with Crippen molar-refractivity contribution in [1.82, 2.24) is 15.6 Å². The lowest BCUT2D eigenvalue weighted by molar-refractivity contribution is 0.322. The first-order chi connectivity index (χ1) is 11.1. The second-order valence-corrected chi connectivity index (χ2v) is 5.29. The van der Waals surface area contributed by atoms with Gasteiger partial charge in [-0.05, 0) is 26.0 Å². The number of para-hydroxylation sites is 1. The standard InChI is InChI=1S/C16H21ClN4O2/c1-11-12(2)23-15(21-11)10-20-16(18-3)19-8-9-22-14-7-5-4-6-13(14)17/h4-7H,8-10H2,1-3H3,(H2,18,19,20). The van der Waals surface area contributed by atoms with Crippen LogP contribution in [0.1, 0.15) is 17.3 Å². The summed E-state index contributed by atoms with van der Waals surface area (Å²) in [6.45, 7) is 5.35. The number of benzene rings is 1. The lowest BCUT2D eigenvalue weighted by Crippen LogP contribution is -2.38. The van der Waals surface area contributed by atoms with Gasteiger partial charge >= 0.3 is 0 Å². The maximum Gasteiger partial charge on any atom is 0.214 e. The van der Waals surface area contributed by atoms with E-state index in [1.165, 1.54) is 0 Å². The van der Waals surface area contributed by atoms with Crippen molar-refractivity contribution in [2.45, 2.75) is 20.4 Å². The van der Waals surface area contributed by atoms with Crippen molar-refractivity contribution in [1.29, 1.82) is 0 Å². The molecule has 7 heteroatoms. The van der Waals surface area contributed by atoms with E-state index >= 15 is 0 Å². The van der Waals surface area contributed by atoms with Crippen molar-refractivity contribution >= 4 is 17.6 Å². The van der Waals surface area contributed by atoms with E-state index in [0.29, 0.717) is 42.3 Å². The molecule has 1 aromatic carbocycles. The van der Waals surface area contributed by atoms with Gasteiger partial charge in [0.1, 0.15) is 18.1 Å². The molecule has 0 saturated heterocycles. The molecule has 0 fully saturated rings. The molecule has 124 valence electrons. The number of guanidine groups is 1. The Kier molecular flexibility index (Phi) is 6.29. The number of rotatable bonds is 6. The summed E-state index contributed by atoms with van der Waals surface area (Å²) >= 11 is 6.03. The fourth-order valence-corrected chi connectivity index (χ4v) is 2.08. The van der Waals surface area contributed by atoms with Crippen LogP contribution in [0.3, 0.4) is 0 Å². The van der Waals surface area contributed by atoms with E-state index in [9.17, 15) is 0 Å². The molecular weight excluding hydrogens is 316 g/mol. The highest BCUT2D eigenvalue weighted by Crippen LogP contribution is 2.22. The second kappa shape index (κ2) is 8.43. The van der Waals surface area contributed by atoms with Gasteiger partial charge in [0.15, 0.2) is 5.96 Å². The highest BCUT2D eigenvalue weighted by molar-refractivity contribution is 6.32. The summed E-state index contributed by atoms with van der Waals surface area (Å²) < 4.78 is 11.1. The quantitative estimate of drug-likeness (QED) is 0.482. The molecule has 0 amide bonds. The zero-order valence-corrected chi connectivity index (χ0v) is 14.3. The van der Waals surface area contributed by atoms with Crippen molar-refractivity contribution in [3.05, 3.63) is 46.6 Å². The zero-order chi connectivity index (χ0) is 16.7. The summed E-state index contributed by atoms with van der Waals surface area (Å²) in [4.78, 5) is 8.45. The molecule has 1 heterocycles. The van der Waals surface area contributed by atoms with E-state index < -0.39 is 0 Å². The number of hydrogen-bond acceptors (Lipinski definition) is 4. The second-order valence-electron chi connectivity index (χ2n) is 4.88. The van der Waals surface area contributed by atoms with Gasteiger partial charge in [0, 0.05) is 7.05 Å². The fourth-order valence-electron chi connectivity index (χ4n) is 1.89. The zero-order valence-electron chi connectivity index (χ0n) is 13.5. The van der Waals surface area contributed by atoms with E-state index in [0.717, 1.165) is 11.5 Å². The van der Waals surface area contributed by atoms with Crippen LogP contribution in [-0.4, -0.2) is 31.1 Å². The number of ether oxygens (including phenoxy) is 1. The van der Waals surface area contributed by atoms with E-state index in [-0.39, 0.29) is 0 Å². The lowest BCUT2D eigenvalue weighted by Gasteiger charge is -2.12. The summed E-state index contributed by atoms with van der Waals surface area (Å²) in [5.74, 6) is 2.79. The first kappa shape index (κ1) is 17.1. The molecule has 6 nitrogen and oxygen atoms in total. The minimum absolute atomic E-state index is 0.472.